The van der Waals surface area contributed by atoms with Gasteiger partial charge in [0.2, 0.25) is 0 Å². The van der Waals surface area contributed by atoms with Crippen molar-refractivity contribution in [2.75, 3.05) is 4.90 Å². The van der Waals surface area contributed by atoms with Crippen LogP contribution in [-0.2, 0) is 0 Å². The van der Waals surface area contributed by atoms with Gasteiger partial charge in [0.25, 0.3) is 0 Å². The average Bonchev–Trinajstić information content (AvgIpc) is 3.24. The third kappa shape index (κ3) is 2.20. The summed E-state index contributed by atoms with van der Waals surface area (Å²) >= 11 is 3.68. The molecule has 3 aromatic carbocycles. The van der Waals surface area contributed by atoms with Crippen molar-refractivity contribution >= 4 is 33.4 Å². The zero-order valence-corrected chi connectivity index (χ0v) is 16.7. The number of rotatable bonds is 1. The van der Waals surface area contributed by atoms with E-state index in [0.717, 1.165) is 4.47 Å². The van der Waals surface area contributed by atoms with Crippen molar-refractivity contribution in [3.05, 3.63) is 118 Å². The fraction of sp³-hybridized carbons (Fsp3) is 0.0400. The smallest absolute Gasteiger partial charge is 0.101 e. The molecule has 3 heteroatoms. The van der Waals surface area contributed by atoms with Crippen LogP contribution in [0.3, 0.4) is 0 Å². The molecule has 134 valence electrons. The fourth-order valence-electron chi connectivity index (χ4n) is 4.51. The number of aromatic nitrogens is 1. The maximum absolute atomic E-state index is 3.68. The molecule has 0 aliphatic carbocycles. The predicted octanol–water partition coefficient (Wildman–Crippen LogP) is 6.66. The summed E-state index contributed by atoms with van der Waals surface area (Å²) in [6, 6.07) is 30.5. The number of anilines is 1. The molecule has 0 saturated carbocycles. The standard InChI is InChI=1S/C25H17BrN2/c26-19-13-12-18-15-24(17-7-2-1-3-8-17)28-22-10-5-4-9-21(22)27-14-6-11-23(27)25(28)20(18)16-19/h1-16,25H. The summed E-state index contributed by atoms with van der Waals surface area (Å²) in [5.74, 6) is 0. The molecule has 28 heavy (non-hydrogen) atoms. The maximum atomic E-state index is 3.68. The number of para-hydroxylation sites is 2. The van der Waals surface area contributed by atoms with Crippen LogP contribution in [0.25, 0.3) is 17.5 Å². The second-order valence-electron chi connectivity index (χ2n) is 7.23. The molecule has 6 rings (SSSR count). The zero-order valence-electron chi connectivity index (χ0n) is 15.1. The Kier molecular flexibility index (Phi) is 3.41. The largest absolute Gasteiger partial charge is 0.326 e. The number of hydrogen-bond acceptors (Lipinski definition) is 1. The second-order valence-corrected chi connectivity index (χ2v) is 8.15. The highest BCUT2D eigenvalue weighted by molar-refractivity contribution is 9.10. The molecule has 0 N–H and O–H groups in total. The van der Waals surface area contributed by atoms with Gasteiger partial charge in [-0.3, -0.25) is 0 Å². The van der Waals surface area contributed by atoms with Crippen molar-refractivity contribution in [2.45, 2.75) is 6.04 Å². The quantitative estimate of drug-likeness (QED) is 0.331. The molecule has 2 aliphatic rings. The van der Waals surface area contributed by atoms with E-state index in [-0.39, 0.29) is 6.04 Å². The molecule has 0 fully saturated rings. The highest BCUT2D eigenvalue weighted by atomic mass is 79.9. The lowest BCUT2D eigenvalue weighted by molar-refractivity contribution is 0.727. The van der Waals surface area contributed by atoms with Crippen molar-refractivity contribution in [2.24, 2.45) is 0 Å². The van der Waals surface area contributed by atoms with E-state index in [2.05, 4.69) is 123 Å². The molecule has 1 atom stereocenters. The second kappa shape index (κ2) is 5.98. The molecule has 0 bridgehead atoms. The Bertz CT molecular complexity index is 1240. The van der Waals surface area contributed by atoms with Crippen molar-refractivity contribution in [3.8, 4) is 5.69 Å². The minimum absolute atomic E-state index is 0.137. The number of fused-ring (bicyclic) bond motifs is 8. The van der Waals surface area contributed by atoms with Crippen LogP contribution in [0.15, 0.2) is 95.6 Å². The molecule has 1 unspecified atom stereocenters. The van der Waals surface area contributed by atoms with E-state index in [1.165, 1.54) is 39.5 Å². The Morgan fingerprint density at radius 3 is 2.39 bits per heavy atom. The van der Waals surface area contributed by atoms with Crippen LogP contribution < -0.4 is 4.90 Å². The summed E-state index contributed by atoms with van der Waals surface area (Å²) < 4.78 is 3.44. The van der Waals surface area contributed by atoms with Gasteiger partial charge in [0.15, 0.2) is 0 Å². The van der Waals surface area contributed by atoms with E-state index in [1.807, 2.05) is 0 Å². The Hall–Kier alpha value is -3.04. The molecular weight excluding hydrogens is 408 g/mol. The van der Waals surface area contributed by atoms with Crippen LogP contribution in [0.5, 0.6) is 0 Å². The summed E-state index contributed by atoms with van der Waals surface area (Å²) in [5.41, 5.74) is 8.81. The highest BCUT2D eigenvalue weighted by Gasteiger charge is 2.37. The van der Waals surface area contributed by atoms with Crippen LogP contribution in [0, 0.1) is 0 Å². The van der Waals surface area contributed by atoms with Gasteiger partial charge in [-0.05, 0) is 59.2 Å². The topological polar surface area (TPSA) is 8.17 Å². The molecule has 3 heterocycles. The Morgan fingerprint density at radius 2 is 1.54 bits per heavy atom. The third-order valence-corrected chi connectivity index (χ3v) is 6.18. The first-order valence-electron chi connectivity index (χ1n) is 9.44. The fourth-order valence-corrected chi connectivity index (χ4v) is 4.89. The van der Waals surface area contributed by atoms with Gasteiger partial charge in [0.05, 0.1) is 22.8 Å². The summed E-state index contributed by atoms with van der Waals surface area (Å²) in [7, 11) is 0. The van der Waals surface area contributed by atoms with Gasteiger partial charge in [0, 0.05) is 10.7 Å². The van der Waals surface area contributed by atoms with Crippen LogP contribution >= 0.6 is 15.9 Å². The number of halogens is 1. The monoisotopic (exact) mass is 424 g/mol. The number of hydrogen-bond donors (Lipinski definition) is 0. The van der Waals surface area contributed by atoms with E-state index in [9.17, 15) is 0 Å². The predicted molar refractivity (Wildman–Crippen MR) is 119 cm³/mol. The summed E-state index contributed by atoms with van der Waals surface area (Å²) in [6.07, 6.45) is 4.49. The van der Waals surface area contributed by atoms with Gasteiger partial charge in [-0.1, -0.05) is 64.5 Å². The first-order valence-corrected chi connectivity index (χ1v) is 10.2. The molecule has 0 spiro atoms. The first-order chi connectivity index (χ1) is 13.8. The van der Waals surface area contributed by atoms with E-state index in [1.54, 1.807) is 0 Å². The summed E-state index contributed by atoms with van der Waals surface area (Å²) in [6.45, 7) is 0. The van der Waals surface area contributed by atoms with E-state index >= 15 is 0 Å². The molecule has 0 saturated heterocycles. The molecule has 2 nitrogen and oxygen atoms in total. The van der Waals surface area contributed by atoms with Crippen LogP contribution in [0.1, 0.15) is 28.4 Å². The lowest BCUT2D eigenvalue weighted by Crippen LogP contribution is -2.36. The Labute approximate surface area is 172 Å². The highest BCUT2D eigenvalue weighted by Crippen LogP contribution is 2.50. The van der Waals surface area contributed by atoms with E-state index < -0.39 is 0 Å². The van der Waals surface area contributed by atoms with Crippen LogP contribution in [0.4, 0.5) is 5.69 Å². The van der Waals surface area contributed by atoms with Crippen molar-refractivity contribution in [1.29, 1.82) is 0 Å². The lowest BCUT2D eigenvalue weighted by Gasteiger charge is -2.44. The van der Waals surface area contributed by atoms with Gasteiger partial charge < -0.3 is 9.47 Å². The minimum atomic E-state index is 0.137. The van der Waals surface area contributed by atoms with Gasteiger partial charge in [-0.25, -0.2) is 0 Å². The SMILES string of the molecule is Brc1ccc2c(c1)C1c3cccn3-c3ccccc3N1C(c1ccccc1)=C2. The van der Waals surface area contributed by atoms with Gasteiger partial charge in [0.1, 0.15) is 6.04 Å². The van der Waals surface area contributed by atoms with E-state index in [4.69, 9.17) is 0 Å². The van der Waals surface area contributed by atoms with Gasteiger partial charge in [-0.2, -0.15) is 0 Å². The first kappa shape index (κ1) is 16.0. The van der Waals surface area contributed by atoms with Crippen LogP contribution in [0.2, 0.25) is 0 Å². The third-order valence-electron chi connectivity index (χ3n) is 5.68. The maximum Gasteiger partial charge on any atom is 0.101 e. The lowest BCUT2D eigenvalue weighted by atomic mass is 9.88. The van der Waals surface area contributed by atoms with Gasteiger partial charge >= 0.3 is 0 Å². The molecule has 0 radical (unpaired) electrons. The van der Waals surface area contributed by atoms with Gasteiger partial charge in [-0.15, -0.1) is 0 Å². The summed E-state index contributed by atoms with van der Waals surface area (Å²) in [5, 5.41) is 0. The van der Waals surface area contributed by atoms with Crippen molar-refractivity contribution in [1.82, 2.24) is 4.57 Å². The molecule has 0 amide bonds. The van der Waals surface area contributed by atoms with Crippen LogP contribution in [-0.4, -0.2) is 4.57 Å². The molecular formula is C25H17BrN2. The number of benzene rings is 3. The Morgan fingerprint density at radius 1 is 0.750 bits per heavy atom. The van der Waals surface area contributed by atoms with Crippen molar-refractivity contribution < 1.29 is 0 Å². The minimum Gasteiger partial charge on any atom is -0.326 e. The van der Waals surface area contributed by atoms with Crippen molar-refractivity contribution in [3.63, 3.8) is 0 Å². The summed E-state index contributed by atoms with van der Waals surface area (Å²) in [4.78, 5) is 2.49. The molecule has 2 aliphatic heterocycles. The number of nitrogens with zero attached hydrogens (tertiary/aromatic N) is 2. The Balaban J connectivity index is 1.71. The average molecular weight is 425 g/mol. The molecule has 1 aromatic heterocycles. The normalized spacial score (nSPS) is 16.5. The van der Waals surface area contributed by atoms with E-state index in [0.29, 0.717) is 0 Å². The molecule has 4 aromatic rings. The zero-order chi connectivity index (χ0) is 18.7.